The summed E-state index contributed by atoms with van der Waals surface area (Å²) < 4.78 is 11.4. The van der Waals surface area contributed by atoms with Crippen LogP contribution >= 0.6 is 0 Å². The van der Waals surface area contributed by atoms with Gasteiger partial charge in [0, 0.05) is 20.0 Å². The van der Waals surface area contributed by atoms with E-state index in [9.17, 15) is 4.79 Å². The highest BCUT2D eigenvalue weighted by atomic mass is 16.5. The molecule has 1 aliphatic rings. The van der Waals surface area contributed by atoms with Crippen molar-refractivity contribution in [2.24, 2.45) is 0 Å². The minimum absolute atomic E-state index is 0.0376. The summed E-state index contributed by atoms with van der Waals surface area (Å²) in [7, 11) is 1.79. The van der Waals surface area contributed by atoms with Crippen LogP contribution in [0.15, 0.2) is 54.6 Å². The van der Waals surface area contributed by atoms with Crippen molar-refractivity contribution < 1.29 is 14.3 Å². The second-order valence-corrected chi connectivity index (χ2v) is 5.78. The SMILES string of the molecule is CN(CC1Cc2ccccc2CO1)C(=O)COc1ccccc1. The van der Waals surface area contributed by atoms with Gasteiger partial charge in [0.05, 0.1) is 12.7 Å². The van der Waals surface area contributed by atoms with Crippen LogP contribution in [-0.2, 0) is 22.6 Å². The lowest BCUT2D eigenvalue weighted by Gasteiger charge is -2.29. The summed E-state index contributed by atoms with van der Waals surface area (Å²) in [4.78, 5) is 13.9. The van der Waals surface area contributed by atoms with Crippen molar-refractivity contribution in [2.75, 3.05) is 20.2 Å². The zero-order chi connectivity index (χ0) is 16.1. The lowest BCUT2D eigenvalue weighted by atomic mass is 9.99. The number of amides is 1. The van der Waals surface area contributed by atoms with Gasteiger partial charge in [-0.3, -0.25) is 4.79 Å². The van der Waals surface area contributed by atoms with Gasteiger partial charge in [-0.1, -0.05) is 42.5 Å². The van der Waals surface area contributed by atoms with Gasteiger partial charge in [-0.2, -0.15) is 0 Å². The quantitative estimate of drug-likeness (QED) is 0.852. The van der Waals surface area contributed by atoms with Crippen LogP contribution in [0.1, 0.15) is 11.1 Å². The van der Waals surface area contributed by atoms with E-state index in [4.69, 9.17) is 9.47 Å². The molecule has 0 saturated carbocycles. The maximum Gasteiger partial charge on any atom is 0.260 e. The first kappa shape index (κ1) is 15.6. The molecule has 0 spiro atoms. The van der Waals surface area contributed by atoms with Crippen LogP contribution in [0.2, 0.25) is 0 Å². The second kappa shape index (κ2) is 7.29. The third-order valence-corrected chi connectivity index (χ3v) is 4.05. The molecule has 2 aromatic carbocycles. The smallest absolute Gasteiger partial charge is 0.260 e. The molecule has 0 saturated heterocycles. The summed E-state index contributed by atoms with van der Waals surface area (Å²) in [5.74, 6) is 0.661. The molecule has 120 valence electrons. The Morgan fingerprint density at radius 1 is 1.13 bits per heavy atom. The fraction of sp³-hybridized carbons (Fsp3) is 0.316. The van der Waals surface area contributed by atoms with E-state index < -0.39 is 0 Å². The Morgan fingerprint density at radius 3 is 2.61 bits per heavy atom. The zero-order valence-corrected chi connectivity index (χ0v) is 13.3. The first-order valence-electron chi connectivity index (χ1n) is 7.82. The highest BCUT2D eigenvalue weighted by molar-refractivity contribution is 5.77. The first-order chi connectivity index (χ1) is 11.2. The number of carbonyl (C=O) groups excluding carboxylic acids is 1. The number of ether oxygens (including phenoxy) is 2. The number of hydrogen-bond donors (Lipinski definition) is 0. The van der Waals surface area contributed by atoms with Crippen LogP contribution in [-0.4, -0.2) is 37.1 Å². The third kappa shape index (κ3) is 4.11. The molecule has 1 amide bonds. The van der Waals surface area contributed by atoms with Crippen molar-refractivity contribution in [2.45, 2.75) is 19.1 Å². The number of hydrogen-bond acceptors (Lipinski definition) is 3. The fourth-order valence-electron chi connectivity index (χ4n) is 2.71. The Balaban J connectivity index is 1.49. The highest BCUT2D eigenvalue weighted by Gasteiger charge is 2.22. The van der Waals surface area contributed by atoms with Crippen molar-refractivity contribution in [3.05, 3.63) is 65.7 Å². The first-order valence-corrected chi connectivity index (χ1v) is 7.82. The van der Waals surface area contributed by atoms with Crippen LogP contribution in [0.25, 0.3) is 0 Å². The molecular weight excluding hydrogens is 290 g/mol. The summed E-state index contributed by atoms with van der Waals surface area (Å²) in [6, 6.07) is 17.7. The Kier molecular flexibility index (Phi) is 4.93. The number of fused-ring (bicyclic) bond motifs is 1. The maximum absolute atomic E-state index is 12.2. The number of likely N-dealkylation sites (N-methyl/N-ethyl adjacent to an activating group) is 1. The van der Waals surface area contributed by atoms with Crippen molar-refractivity contribution >= 4 is 5.91 Å². The molecule has 23 heavy (non-hydrogen) atoms. The molecule has 1 atom stereocenters. The monoisotopic (exact) mass is 311 g/mol. The van der Waals surface area contributed by atoms with E-state index in [-0.39, 0.29) is 18.6 Å². The Bertz CT molecular complexity index is 657. The van der Waals surface area contributed by atoms with Crippen LogP contribution < -0.4 is 4.74 Å². The minimum Gasteiger partial charge on any atom is -0.484 e. The number of nitrogens with zero attached hydrogens (tertiary/aromatic N) is 1. The molecule has 0 N–H and O–H groups in total. The lowest BCUT2D eigenvalue weighted by Crippen LogP contribution is -2.40. The van der Waals surface area contributed by atoms with Crippen molar-refractivity contribution in [3.63, 3.8) is 0 Å². The Morgan fingerprint density at radius 2 is 1.83 bits per heavy atom. The van der Waals surface area contributed by atoms with Crippen LogP contribution in [0.3, 0.4) is 0 Å². The molecule has 0 bridgehead atoms. The van der Waals surface area contributed by atoms with Crippen LogP contribution in [0.4, 0.5) is 0 Å². The average molecular weight is 311 g/mol. The average Bonchev–Trinajstić information content (AvgIpc) is 2.60. The predicted molar refractivity (Wildman–Crippen MR) is 88.3 cm³/mol. The molecule has 4 heteroatoms. The maximum atomic E-state index is 12.2. The molecule has 2 aromatic rings. The van der Waals surface area contributed by atoms with Gasteiger partial charge in [0.1, 0.15) is 5.75 Å². The summed E-state index contributed by atoms with van der Waals surface area (Å²) in [6.07, 6.45) is 0.878. The number of carbonyl (C=O) groups is 1. The second-order valence-electron chi connectivity index (χ2n) is 5.78. The number of rotatable bonds is 5. The Labute approximate surface area is 136 Å². The van der Waals surface area contributed by atoms with E-state index in [0.717, 1.165) is 6.42 Å². The standard InChI is InChI=1S/C19H21NO3/c1-20(19(21)14-23-17-9-3-2-4-10-17)12-18-11-15-7-5-6-8-16(15)13-22-18/h2-10,18H,11-14H2,1H3. The van der Waals surface area contributed by atoms with Gasteiger partial charge in [0.25, 0.3) is 5.91 Å². The van der Waals surface area contributed by atoms with Crippen molar-refractivity contribution in [1.82, 2.24) is 4.90 Å². The molecule has 4 nitrogen and oxygen atoms in total. The van der Waals surface area contributed by atoms with Gasteiger partial charge in [-0.15, -0.1) is 0 Å². The molecule has 0 aromatic heterocycles. The topological polar surface area (TPSA) is 38.8 Å². The van der Waals surface area contributed by atoms with Crippen LogP contribution in [0, 0.1) is 0 Å². The number of benzene rings is 2. The summed E-state index contributed by atoms with van der Waals surface area (Å²) in [5, 5.41) is 0. The van der Waals surface area contributed by atoms with E-state index in [1.54, 1.807) is 11.9 Å². The van der Waals surface area contributed by atoms with Gasteiger partial charge in [-0.25, -0.2) is 0 Å². The molecule has 0 fully saturated rings. The molecule has 1 aliphatic heterocycles. The van der Waals surface area contributed by atoms with Gasteiger partial charge < -0.3 is 14.4 Å². The van der Waals surface area contributed by atoms with Gasteiger partial charge in [0.2, 0.25) is 0 Å². The van der Waals surface area contributed by atoms with Gasteiger partial charge >= 0.3 is 0 Å². The largest absolute Gasteiger partial charge is 0.484 e. The molecule has 1 heterocycles. The predicted octanol–water partition coefficient (Wildman–Crippen LogP) is 2.67. The normalized spacial score (nSPS) is 16.5. The lowest BCUT2D eigenvalue weighted by molar-refractivity contribution is -0.134. The van der Waals surface area contributed by atoms with E-state index in [1.165, 1.54) is 11.1 Å². The van der Waals surface area contributed by atoms with Gasteiger partial charge in [-0.05, 0) is 23.3 Å². The molecule has 0 radical (unpaired) electrons. The van der Waals surface area contributed by atoms with E-state index in [1.807, 2.05) is 42.5 Å². The molecular formula is C19H21NO3. The summed E-state index contributed by atoms with van der Waals surface area (Å²) in [6.45, 7) is 1.23. The molecule has 0 aliphatic carbocycles. The third-order valence-electron chi connectivity index (χ3n) is 4.05. The van der Waals surface area contributed by atoms with Crippen molar-refractivity contribution in [3.8, 4) is 5.75 Å². The summed E-state index contributed by atoms with van der Waals surface area (Å²) >= 11 is 0. The van der Waals surface area contributed by atoms with E-state index in [2.05, 4.69) is 12.1 Å². The van der Waals surface area contributed by atoms with E-state index >= 15 is 0 Å². The minimum atomic E-state index is -0.0451. The highest BCUT2D eigenvalue weighted by Crippen LogP contribution is 2.20. The number of para-hydroxylation sites is 1. The van der Waals surface area contributed by atoms with Gasteiger partial charge in [0.15, 0.2) is 6.61 Å². The fourth-order valence-corrected chi connectivity index (χ4v) is 2.71. The molecule has 1 unspecified atom stereocenters. The van der Waals surface area contributed by atoms with E-state index in [0.29, 0.717) is 18.9 Å². The van der Waals surface area contributed by atoms with Crippen molar-refractivity contribution in [1.29, 1.82) is 0 Å². The van der Waals surface area contributed by atoms with Crippen LogP contribution in [0.5, 0.6) is 5.75 Å². The molecule has 3 rings (SSSR count). The summed E-state index contributed by atoms with van der Waals surface area (Å²) in [5.41, 5.74) is 2.55. The Hall–Kier alpha value is -2.33. The zero-order valence-electron chi connectivity index (χ0n) is 13.3.